The van der Waals surface area contributed by atoms with Gasteiger partial charge in [0.05, 0.1) is 0 Å². The third-order valence-electron chi connectivity index (χ3n) is 3.64. The van der Waals surface area contributed by atoms with Crippen LogP contribution in [-0.4, -0.2) is 19.4 Å². The van der Waals surface area contributed by atoms with E-state index in [1.165, 1.54) is 12.3 Å². The van der Waals surface area contributed by atoms with Gasteiger partial charge in [-0.1, -0.05) is 13.8 Å². The van der Waals surface area contributed by atoms with E-state index >= 15 is 0 Å². The zero-order valence-corrected chi connectivity index (χ0v) is 14.0. The second-order valence-corrected chi connectivity index (χ2v) is 8.37. The monoisotopic (exact) mass is 361 g/mol. The van der Waals surface area contributed by atoms with Crippen LogP contribution >= 0.6 is 15.9 Å². The summed E-state index contributed by atoms with van der Waals surface area (Å²) in [6.45, 7) is 4.32. The van der Waals surface area contributed by atoms with Crippen molar-refractivity contribution in [2.24, 2.45) is 11.8 Å². The zero-order chi connectivity index (χ0) is 14.9. The Hall–Kier alpha value is -0.660. The Labute approximate surface area is 128 Å². The fraction of sp³-hybridized carbons (Fsp3) is 0.615. The number of halogens is 1. The van der Waals surface area contributed by atoms with Crippen LogP contribution in [0.1, 0.15) is 33.1 Å². The molecule has 7 heteroatoms. The van der Waals surface area contributed by atoms with Crippen LogP contribution in [-0.2, 0) is 10.0 Å². The van der Waals surface area contributed by atoms with Gasteiger partial charge in [-0.2, -0.15) is 0 Å². The number of sulfonamides is 1. The Morgan fingerprint density at radius 3 is 2.50 bits per heavy atom. The van der Waals surface area contributed by atoms with Gasteiger partial charge in [0.25, 0.3) is 0 Å². The second kappa shape index (κ2) is 5.99. The van der Waals surface area contributed by atoms with Crippen LogP contribution in [0.15, 0.2) is 21.6 Å². The van der Waals surface area contributed by atoms with E-state index in [0.717, 1.165) is 19.3 Å². The normalized spacial score (nSPS) is 27.4. The highest BCUT2D eigenvalue weighted by Crippen LogP contribution is 2.30. The first-order valence-electron chi connectivity index (χ1n) is 6.71. The van der Waals surface area contributed by atoms with E-state index in [-0.39, 0.29) is 16.8 Å². The van der Waals surface area contributed by atoms with Gasteiger partial charge in [-0.25, -0.2) is 18.1 Å². The van der Waals surface area contributed by atoms with E-state index in [1.54, 1.807) is 0 Å². The van der Waals surface area contributed by atoms with Crippen molar-refractivity contribution in [2.45, 2.75) is 44.0 Å². The number of hydrogen-bond donors (Lipinski definition) is 2. The quantitative estimate of drug-likeness (QED) is 0.865. The van der Waals surface area contributed by atoms with Crippen molar-refractivity contribution in [3.8, 4) is 0 Å². The lowest BCUT2D eigenvalue weighted by molar-refractivity contribution is 0.257. The molecule has 0 radical (unpaired) electrons. The Morgan fingerprint density at radius 2 is 1.90 bits per heavy atom. The third kappa shape index (κ3) is 3.71. The molecule has 2 atom stereocenters. The van der Waals surface area contributed by atoms with Gasteiger partial charge in [-0.3, -0.25) is 0 Å². The predicted molar refractivity (Wildman–Crippen MR) is 82.6 cm³/mol. The fourth-order valence-electron chi connectivity index (χ4n) is 2.97. The Morgan fingerprint density at radius 1 is 1.30 bits per heavy atom. The van der Waals surface area contributed by atoms with Crippen molar-refractivity contribution in [2.75, 3.05) is 5.73 Å². The highest BCUT2D eigenvalue weighted by molar-refractivity contribution is 9.10. The molecule has 0 aliphatic heterocycles. The Balaban J connectivity index is 2.21. The standard InChI is InChI=1S/C13H20BrN3O2S/c1-8-3-9(2)5-11(4-8)17-20(18,19)12-6-10(14)7-16-13(12)15/h6-9,11,17H,3-5H2,1-2H3,(H2,15,16). The average molecular weight is 362 g/mol. The molecule has 1 aromatic rings. The average Bonchev–Trinajstić information content (AvgIpc) is 2.30. The molecule has 0 saturated heterocycles. The summed E-state index contributed by atoms with van der Waals surface area (Å²) < 4.78 is 28.2. The van der Waals surface area contributed by atoms with E-state index < -0.39 is 10.0 Å². The maximum Gasteiger partial charge on any atom is 0.244 e. The van der Waals surface area contributed by atoms with Crippen molar-refractivity contribution in [3.05, 3.63) is 16.7 Å². The first kappa shape index (κ1) is 15.7. The number of rotatable bonds is 3. The molecule has 1 heterocycles. The molecule has 1 fully saturated rings. The van der Waals surface area contributed by atoms with Gasteiger partial charge in [0, 0.05) is 16.7 Å². The number of pyridine rings is 1. The van der Waals surface area contributed by atoms with Crippen molar-refractivity contribution < 1.29 is 8.42 Å². The molecule has 2 rings (SSSR count). The molecular formula is C13H20BrN3O2S. The lowest BCUT2D eigenvalue weighted by Gasteiger charge is -2.31. The molecule has 0 bridgehead atoms. The predicted octanol–water partition coefficient (Wildman–Crippen LogP) is 2.53. The van der Waals surface area contributed by atoms with Gasteiger partial charge in [0.1, 0.15) is 10.7 Å². The van der Waals surface area contributed by atoms with E-state index in [9.17, 15) is 8.42 Å². The van der Waals surface area contributed by atoms with Gasteiger partial charge in [0.2, 0.25) is 10.0 Å². The van der Waals surface area contributed by atoms with E-state index in [0.29, 0.717) is 16.3 Å². The molecule has 20 heavy (non-hydrogen) atoms. The number of anilines is 1. The van der Waals surface area contributed by atoms with Crippen LogP contribution in [0.25, 0.3) is 0 Å². The summed E-state index contributed by atoms with van der Waals surface area (Å²) >= 11 is 3.22. The molecule has 1 aliphatic carbocycles. The van der Waals surface area contributed by atoms with Gasteiger partial charge >= 0.3 is 0 Å². The smallest absolute Gasteiger partial charge is 0.244 e. The topological polar surface area (TPSA) is 85.1 Å². The van der Waals surface area contributed by atoms with Crippen molar-refractivity contribution >= 4 is 31.8 Å². The molecule has 0 spiro atoms. The molecule has 2 unspecified atom stereocenters. The molecule has 0 amide bonds. The third-order valence-corrected chi connectivity index (χ3v) is 5.62. The van der Waals surface area contributed by atoms with Gasteiger partial charge in [0.15, 0.2) is 0 Å². The highest BCUT2D eigenvalue weighted by Gasteiger charge is 2.29. The molecule has 0 aromatic carbocycles. The minimum atomic E-state index is -3.63. The number of nitrogen functional groups attached to an aromatic ring is 1. The fourth-order valence-corrected chi connectivity index (χ4v) is 4.82. The van der Waals surface area contributed by atoms with Crippen LogP contribution in [0.5, 0.6) is 0 Å². The molecule has 3 N–H and O–H groups in total. The van der Waals surface area contributed by atoms with E-state index in [4.69, 9.17) is 5.73 Å². The molecule has 1 aromatic heterocycles. The maximum absolute atomic E-state index is 12.4. The first-order chi connectivity index (χ1) is 9.28. The lowest BCUT2D eigenvalue weighted by Crippen LogP contribution is -2.40. The summed E-state index contributed by atoms with van der Waals surface area (Å²) in [5.74, 6) is 1.09. The maximum atomic E-state index is 12.4. The molecule has 112 valence electrons. The van der Waals surface area contributed by atoms with Crippen LogP contribution in [0, 0.1) is 11.8 Å². The first-order valence-corrected chi connectivity index (χ1v) is 8.99. The number of hydrogen-bond acceptors (Lipinski definition) is 4. The summed E-state index contributed by atoms with van der Waals surface area (Å²) in [6, 6.07) is 1.46. The van der Waals surface area contributed by atoms with Crippen molar-refractivity contribution in [3.63, 3.8) is 0 Å². The van der Waals surface area contributed by atoms with Gasteiger partial charge < -0.3 is 5.73 Å². The lowest BCUT2D eigenvalue weighted by atomic mass is 9.81. The minimum Gasteiger partial charge on any atom is -0.383 e. The van der Waals surface area contributed by atoms with Crippen molar-refractivity contribution in [1.29, 1.82) is 0 Å². The number of aromatic nitrogens is 1. The summed E-state index contributed by atoms with van der Waals surface area (Å²) in [5.41, 5.74) is 5.68. The Bertz CT molecular complexity index is 581. The van der Waals surface area contributed by atoms with Gasteiger partial charge in [-0.05, 0) is 53.1 Å². The Kier molecular flexibility index (Phi) is 4.71. The molecule has 5 nitrogen and oxygen atoms in total. The largest absolute Gasteiger partial charge is 0.383 e. The van der Waals surface area contributed by atoms with E-state index in [1.807, 2.05) is 0 Å². The number of nitrogens with one attached hydrogen (secondary N) is 1. The van der Waals surface area contributed by atoms with Crippen LogP contribution in [0.4, 0.5) is 5.82 Å². The minimum absolute atomic E-state index is 0.0256. The van der Waals surface area contributed by atoms with Crippen molar-refractivity contribution in [1.82, 2.24) is 9.71 Å². The number of nitrogens with zero attached hydrogens (tertiary/aromatic N) is 1. The SMILES string of the molecule is CC1CC(C)CC(NS(=O)(=O)c2cc(Br)cnc2N)C1. The number of nitrogens with two attached hydrogens (primary N) is 1. The summed E-state index contributed by atoms with van der Waals surface area (Å²) in [4.78, 5) is 3.92. The highest BCUT2D eigenvalue weighted by atomic mass is 79.9. The van der Waals surface area contributed by atoms with Gasteiger partial charge in [-0.15, -0.1) is 0 Å². The van der Waals surface area contributed by atoms with Crippen LogP contribution in [0.3, 0.4) is 0 Å². The summed E-state index contributed by atoms with van der Waals surface area (Å²) in [6.07, 6.45) is 4.37. The van der Waals surface area contributed by atoms with Crippen LogP contribution in [0.2, 0.25) is 0 Å². The second-order valence-electron chi connectivity index (χ2n) is 5.77. The zero-order valence-electron chi connectivity index (χ0n) is 11.6. The summed E-state index contributed by atoms with van der Waals surface area (Å²) in [7, 11) is -3.63. The van der Waals surface area contributed by atoms with E-state index in [2.05, 4.69) is 39.5 Å². The van der Waals surface area contributed by atoms with Crippen LogP contribution < -0.4 is 10.5 Å². The molecule has 1 saturated carbocycles. The molecule has 1 aliphatic rings. The summed E-state index contributed by atoms with van der Waals surface area (Å²) in [5, 5.41) is 0. The molecular weight excluding hydrogens is 342 g/mol.